The van der Waals surface area contributed by atoms with E-state index in [1.807, 2.05) is 0 Å². The van der Waals surface area contributed by atoms with Crippen LogP contribution >= 0.6 is 0 Å². The quantitative estimate of drug-likeness (QED) is 0.678. The predicted molar refractivity (Wildman–Crippen MR) is 111 cm³/mol. The van der Waals surface area contributed by atoms with Gasteiger partial charge in [0.15, 0.2) is 0 Å². The van der Waals surface area contributed by atoms with Crippen LogP contribution in [0.15, 0.2) is 53.3 Å². The van der Waals surface area contributed by atoms with E-state index in [1.165, 1.54) is 35.2 Å². The molecule has 1 aliphatic heterocycles. The maximum Gasteiger partial charge on any atom is 0.248 e. The van der Waals surface area contributed by atoms with Crippen LogP contribution in [0.5, 0.6) is 0 Å². The van der Waals surface area contributed by atoms with E-state index in [1.54, 1.807) is 25.3 Å². The van der Waals surface area contributed by atoms with Crippen molar-refractivity contribution >= 4 is 34.1 Å². The Morgan fingerprint density at radius 1 is 1.20 bits per heavy atom. The summed E-state index contributed by atoms with van der Waals surface area (Å²) < 4.78 is 18.3. The number of aromatic amines is 1. The molecule has 7 nitrogen and oxygen atoms in total. The zero-order valence-electron chi connectivity index (χ0n) is 16.3. The molecule has 8 heteroatoms. The number of benzene rings is 2. The average Bonchev–Trinajstić information content (AvgIpc) is 3.10. The number of methoxy groups -OCH3 is 1. The van der Waals surface area contributed by atoms with Gasteiger partial charge in [0.1, 0.15) is 5.82 Å². The number of rotatable bonds is 5. The molecule has 0 aliphatic carbocycles. The molecule has 4 rings (SSSR count). The van der Waals surface area contributed by atoms with E-state index < -0.39 is 5.92 Å². The fraction of sp³-hybridized carbons (Fsp3) is 0.227. The topological polar surface area (TPSA) is 91.5 Å². The van der Waals surface area contributed by atoms with Crippen molar-refractivity contribution in [3.63, 3.8) is 0 Å². The van der Waals surface area contributed by atoms with Crippen molar-refractivity contribution in [1.82, 2.24) is 4.98 Å². The number of aromatic nitrogens is 1. The first-order chi connectivity index (χ1) is 14.4. The number of H-pyrrole nitrogens is 1. The van der Waals surface area contributed by atoms with Crippen LogP contribution in [0, 0.1) is 11.7 Å². The van der Waals surface area contributed by atoms with E-state index in [4.69, 9.17) is 4.74 Å². The summed E-state index contributed by atoms with van der Waals surface area (Å²) in [6.45, 7) is 0.522. The molecule has 0 saturated carbocycles. The number of pyridine rings is 1. The van der Waals surface area contributed by atoms with Gasteiger partial charge in [0.05, 0.1) is 18.0 Å². The number of fused-ring (bicyclic) bond motifs is 1. The Kier molecular flexibility index (Phi) is 5.33. The molecule has 3 aromatic rings. The minimum atomic E-state index is -0.530. The Morgan fingerprint density at radius 2 is 1.97 bits per heavy atom. The van der Waals surface area contributed by atoms with E-state index in [2.05, 4.69) is 10.3 Å². The van der Waals surface area contributed by atoms with Crippen molar-refractivity contribution in [2.75, 3.05) is 23.9 Å². The van der Waals surface area contributed by atoms with Crippen LogP contribution in [0.4, 0.5) is 15.8 Å². The van der Waals surface area contributed by atoms with Gasteiger partial charge in [0, 0.05) is 42.9 Å². The summed E-state index contributed by atoms with van der Waals surface area (Å²) in [5, 5.41) is 3.64. The second kappa shape index (κ2) is 8.08. The number of carbonyl (C=O) groups excluding carboxylic acids is 2. The molecule has 1 saturated heterocycles. The van der Waals surface area contributed by atoms with E-state index >= 15 is 0 Å². The number of carbonyl (C=O) groups is 2. The summed E-state index contributed by atoms with van der Waals surface area (Å²) in [6, 6.07) is 12.3. The normalized spacial score (nSPS) is 16.3. The van der Waals surface area contributed by atoms with Gasteiger partial charge in [0.2, 0.25) is 17.4 Å². The molecule has 0 bridgehead atoms. The Balaban J connectivity index is 1.51. The highest BCUT2D eigenvalue weighted by molar-refractivity contribution is 6.04. The Bertz CT molecular complexity index is 1170. The Labute approximate surface area is 171 Å². The minimum Gasteiger partial charge on any atom is -0.380 e. The van der Waals surface area contributed by atoms with Gasteiger partial charge in [-0.2, -0.15) is 0 Å². The lowest BCUT2D eigenvalue weighted by molar-refractivity contribution is -0.122. The van der Waals surface area contributed by atoms with Gasteiger partial charge >= 0.3 is 0 Å². The fourth-order valence-corrected chi connectivity index (χ4v) is 3.68. The molecule has 2 heterocycles. The first-order valence-corrected chi connectivity index (χ1v) is 9.46. The number of amides is 2. The van der Waals surface area contributed by atoms with E-state index in [0.717, 1.165) is 10.9 Å². The lowest BCUT2D eigenvalue weighted by atomic mass is 10.1. The van der Waals surface area contributed by atoms with Crippen LogP contribution in [0.1, 0.15) is 12.0 Å². The van der Waals surface area contributed by atoms with Gasteiger partial charge in [-0.05, 0) is 42.0 Å². The molecular formula is C22H20FN3O4. The summed E-state index contributed by atoms with van der Waals surface area (Å²) in [5.41, 5.74) is 2.17. The molecular weight excluding hydrogens is 389 g/mol. The molecule has 1 aliphatic rings. The van der Waals surface area contributed by atoms with Crippen molar-refractivity contribution in [2.45, 2.75) is 13.0 Å². The third-order valence-electron chi connectivity index (χ3n) is 5.13. The van der Waals surface area contributed by atoms with Crippen LogP contribution < -0.4 is 15.8 Å². The Hall–Kier alpha value is -3.52. The lowest BCUT2D eigenvalue weighted by Crippen LogP contribution is -2.28. The zero-order valence-corrected chi connectivity index (χ0v) is 16.3. The van der Waals surface area contributed by atoms with Gasteiger partial charge in [-0.3, -0.25) is 14.4 Å². The largest absolute Gasteiger partial charge is 0.380 e. The van der Waals surface area contributed by atoms with Gasteiger partial charge in [-0.15, -0.1) is 0 Å². The number of ether oxygens (including phenoxy) is 1. The average molecular weight is 409 g/mol. The molecule has 1 aromatic heterocycles. The van der Waals surface area contributed by atoms with Crippen LogP contribution in [-0.2, 0) is 20.9 Å². The highest BCUT2D eigenvalue weighted by atomic mass is 19.1. The van der Waals surface area contributed by atoms with Crippen LogP contribution in [-0.4, -0.2) is 30.5 Å². The molecule has 0 radical (unpaired) electrons. The monoisotopic (exact) mass is 409 g/mol. The van der Waals surface area contributed by atoms with Crippen molar-refractivity contribution < 1.29 is 18.7 Å². The summed E-state index contributed by atoms with van der Waals surface area (Å²) >= 11 is 0. The predicted octanol–water partition coefficient (Wildman–Crippen LogP) is 2.81. The molecule has 30 heavy (non-hydrogen) atoms. The zero-order chi connectivity index (χ0) is 21.3. The number of anilines is 2. The second-order valence-corrected chi connectivity index (χ2v) is 7.22. The molecule has 1 atom stereocenters. The SMILES string of the molecule is COCc1cc(=O)[nH]c2cc(NC(=O)C3CC(=O)N(c4ccc(F)cc4)C3)ccc12. The third-order valence-corrected chi connectivity index (χ3v) is 5.13. The first-order valence-electron chi connectivity index (χ1n) is 9.46. The molecule has 1 unspecified atom stereocenters. The van der Waals surface area contributed by atoms with E-state index in [9.17, 15) is 18.8 Å². The highest BCUT2D eigenvalue weighted by Crippen LogP contribution is 2.27. The van der Waals surface area contributed by atoms with Crippen molar-refractivity contribution in [2.24, 2.45) is 5.92 Å². The lowest BCUT2D eigenvalue weighted by Gasteiger charge is -2.16. The van der Waals surface area contributed by atoms with E-state index in [0.29, 0.717) is 23.5 Å². The van der Waals surface area contributed by atoms with Crippen LogP contribution in [0.3, 0.4) is 0 Å². The number of hydrogen-bond donors (Lipinski definition) is 2. The molecule has 2 amide bonds. The summed E-state index contributed by atoms with van der Waals surface area (Å²) in [6.07, 6.45) is 0.0750. The van der Waals surface area contributed by atoms with Gasteiger partial charge in [0.25, 0.3) is 0 Å². The van der Waals surface area contributed by atoms with Gasteiger partial charge in [-0.1, -0.05) is 6.07 Å². The van der Waals surface area contributed by atoms with Crippen molar-refractivity contribution in [3.8, 4) is 0 Å². The van der Waals surface area contributed by atoms with Crippen LogP contribution in [0.2, 0.25) is 0 Å². The molecule has 1 fully saturated rings. The van der Waals surface area contributed by atoms with Gasteiger partial charge < -0.3 is 19.9 Å². The summed E-state index contributed by atoms with van der Waals surface area (Å²) in [5.74, 6) is -1.39. The number of nitrogens with zero attached hydrogens (tertiary/aromatic N) is 1. The molecule has 2 aromatic carbocycles. The number of hydrogen-bond acceptors (Lipinski definition) is 4. The van der Waals surface area contributed by atoms with Crippen molar-refractivity contribution in [1.29, 1.82) is 0 Å². The fourth-order valence-electron chi connectivity index (χ4n) is 3.68. The van der Waals surface area contributed by atoms with E-state index in [-0.39, 0.29) is 36.2 Å². The van der Waals surface area contributed by atoms with Gasteiger partial charge in [-0.25, -0.2) is 4.39 Å². The number of nitrogens with one attached hydrogen (secondary N) is 2. The molecule has 0 spiro atoms. The second-order valence-electron chi connectivity index (χ2n) is 7.22. The molecule has 2 N–H and O–H groups in total. The smallest absolute Gasteiger partial charge is 0.248 e. The maximum atomic E-state index is 13.1. The summed E-state index contributed by atoms with van der Waals surface area (Å²) in [4.78, 5) is 41.2. The standard InChI is InChI=1S/C22H20FN3O4/c1-30-12-14-8-20(27)25-19-10-16(4-7-18(14)19)24-22(29)13-9-21(28)26(11-13)17-5-2-15(23)3-6-17/h2-8,10,13H,9,11-12H2,1H3,(H,24,29)(H,25,27). The third kappa shape index (κ3) is 3.95. The van der Waals surface area contributed by atoms with Crippen molar-refractivity contribution in [3.05, 3.63) is 70.3 Å². The molecule has 154 valence electrons. The number of halogens is 1. The minimum absolute atomic E-state index is 0.0750. The Morgan fingerprint density at radius 3 is 2.70 bits per heavy atom. The maximum absolute atomic E-state index is 13.1. The summed E-state index contributed by atoms with van der Waals surface area (Å²) in [7, 11) is 1.56. The van der Waals surface area contributed by atoms with Crippen LogP contribution in [0.25, 0.3) is 10.9 Å². The highest BCUT2D eigenvalue weighted by Gasteiger charge is 2.35. The first kappa shape index (κ1) is 19.8.